The van der Waals surface area contributed by atoms with Crippen LogP contribution < -0.4 is 0 Å². The molecular weight excluding hydrogens is 325 g/mol. The third-order valence-electron chi connectivity index (χ3n) is 2.32. The lowest BCUT2D eigenvalue weighted by Crippen LogP contribution is -2.01. The minimum absolute atomic E-state index is 0.363. The van der Waals surface area contributed by atoms with E-state index in [-0.39, 0.29) is 0 Å². The number of hydrogen-bond donors (Lipinski definition) is 1. The summed E-state index contributed by atoms with van der Waals surface area (Å²) in [5.41, 5.74) is 1.22. The lowest BCUT2D eigenvalue weighted by atomic mass is 10.0. The lowest BCUT2D eigenvalue weighted by Gasteiger charge is -2.13. The van der Waals surface area contributed by atoms with Crippen LogP contribution >= 0.6 is 39.1 Å². The molecule has 1 atom stereocenters. The number of aliphatic hydroxyl groups is 1. The number of rotatable bonds is 2. The van der Waals surface area contributed by atoms with E-state index in [0.29, 0.717) is 21.2 Å². The van der Waals surface area contributed by atoms with Crippen molar-refractivity contribution in [2.75, 3.05) is 0 Å². The molecule has 0 amide bonds. The summed E-state index contributed by atoms with van der Waals surface area (Å²) in [5, 5.41) is 11.0. The molecule has 0 fully saturated rings. The van der Waals surface area contributed by atoms with Gasteiger partial charge in [-0.25, -0.2) is 0 Å². The third-order valence-corrected chi connectivity index (χ3v) is 3.59. The quantitative estimate of drug-likeness (QED) is 0.892. The normalized spacial score (nSPS) is 12.5. The van der Waals surface area contributed by atoms with Crippen molar-refractivity contribution in [3.8, 4) is 0 Å². The number of aliphatic hydroxyl groups excluding tert-OH is 1. The molecule has 0 radical (unpaired) electrons. The van der Waals surface area contributed by atoms with Crippen LogP contribution in [0, 0.1) is 0 Å². The van der Waals surface area contributed by atoms with E-state index in [0.717, 1.165) is 4.47 Å². The van der Waals surface area contributed by atoms with Crippen molar-refractivity contribution in [2.24, 2.45) is 0 Å². The van der Waals surface area contributed by atoms with Crippen molar-refractivity contribution in [1.82, 2.24) is 4.98 Å². The van der Waals surface area contributed by atoms with Gasteiger partial charge >= 0.3 is 0 Å². The molecule has 0 saturated carbocycles. The number of hydrogen-bond acceptors (Lipinski definition) is 2. The molecule has 0 bridgehead atoms. The Morgan fingerprint density at radius 1 is 1.24 bits per heavy atom. The molecule has 2 rings (SSSR count). The maximum absolute atomic E-state index is 10.2. The SMILES string of the molecule is OC(c1cncc(Br)c1)c1cccc(Cl)c1Cl. The molecule has 1 aromatic carbocycles. The van der Waals surface area contributed by atoms with Crippen LogP contribution in [0.2, 0.25) is 10.0 Å². The number of halogens is 3. The van der Waals surface area contributed by atoms with Crippen LogP contribution in [0.4, 0.5) is 0 Å². The van der Waals surface area contributed by atoms with Gasteiger partial charge in [-0.15, -0.1) is 0 Å². The van der Waals surface area contributed by atoms with Gasteiger partial charge in [0.25, 0.3) is 0 Å². The second kappa shape index (κ2) is 5.36. The first-order valence-corrected chi connectivity index (χ1v) is 6.37. The Balaban J connectivity index is 2.44. The van der Waals surface area contributed by atoms with E-state index in [1.807, 2.05) is 0 Å². The molecule has 0 aliphatic carbocycles. The second-order valence-electron chi connectivity index (χ2n) is 3.48. The molecule has 1 N–H and O–H groups in total. The van der Waals surface area contributed by atoms with Crippen LogP contribution in [0.1, 0.15) is 17.2 Å². The van der Waals surface area contributed by atoms with Gasteiger partial charge in [0.2, 0.25) is 0 Å². The van der Waals surface area contributed by atoms with E-state index in [9.17, 15) is 5.11 Å². The highest BCUT2D eigenvalue weighted by Crippen LogP contribution is 2.33. The van der Waals surface area contributed by atoms with E-state index < -0.39 is 6.10 Å². The van der Waals surface area contributed by atoms with Crippen LogP contribution in [0.3, 0.4) is 0 Å². The van der Waals surface area contributed by atoms with E-state index >= 15 is 0 Å². The standard InChI is InChI=1S/C12H8BrCl2NO/c13-8-4-7(5-16-6-8)12(17)9-2-1-3-10(14)11(9)15/h1-6,12,17H. The predicted molar refractivity (Wildman–Crippen MR) is 72.5 cm³/mol. The fourth-order valence-corrected chi connectivity index (χ4v) is 2.28. The first kappa shape index (κ1) is 12.8. The molecule has 5 heteroatoms. The monoisotopic (exact) mass is 331 g/mol. The molecule has 1 heterocycles. The Morgan fingerprint density at radius 3 is 2.71 bits per heavy atom. The summed E-state index contributed by atoms with van der Waals surface area (Å²) in [6.07, 6.45) is 2.40. The van der Waals surface area contributed by atoms with Crippen molar-refractivity contribution in [2.45, 2.75) is 6.10 Å². The first-order chi connectivity index (χ1) is 8.09. The highest BCUT2D eigenvalue weighted by molar-refractivity contribution is 9.10. The molecule has 2 aromatic rings. The number of aromatic nitrogens is 1. The van der Waals surface area contributed by atoms with Gasteiger partial charge in [0.15, 0.2) is 0 Å². The molecule has 17 heavy (non-hydrogen) atoms. The maximum Gasteiger partial charge on any atom is 0.107 e. The van der Waals surface area contributed by atoms with Crippen molar-refractivity contribution in [1.29, 1.82) is 0 Å². The summed E-state index contributed by atoms with van der Waals surface area (Å²) in [4.78, 5) is 4.00. The molecular formula is C12H8BrCl2NO. The van der Waals surface area contributed by atoms with Gasteiger partial charge in [0, 0.05) is 28.0 Å². The number of benzene rings is 1. The Hall–Kier alpha value is -0.610. The van der Waals surface area contributed by atoms with Crippen molar-refractivity contribution >= 4 is 39.1 Å². The molecule has 0 spiro atoms. The van der Waals surface area contributed by atoms with E-state index in [2.05, 4.69) is 20.9 Å². The molecule has 1 unspecified atom stereocenters. The Bertz CT molecular complexity index is 548. The fraction of sp³-hybridized carbons (Fsp3) is 0.0833. The third kappa shape index (κ3) is 2.80. The summed E-state index contributed by atoms with van der Waals surface area (Å²) >= 11 is 15.3. The minimum Gasteiger partial charge on any atom is -0.384 e. The Morgan fingerprint density at radius 2 is 2.00 bits per heavy atom. The molecule has 0 saturated heterocycles. The zero-order valence-corrected chi connectivity index (χ0v) is 11.7. The van der Waals surface area contributed by atoms with Crippen LogP contribution in [0.25, 0.3) is 0 Å². The van der Waals surface area contributed by atoms with Gasteiger partial charge in [0.05, 0.1) is 10.0 Å². The van der Waals surface area contributed by atoms with Crippen LogP contribution in [-0.2, 0) is 0 Å². The van der Waals surface area contributed by atoms with Crippen molar-refractivity contribution in [3.63, 3.8) is 0 Å². The predicted octanol–water partition coefficient (Wildman–Crippen LogP) is 4.23. The fourth-order valence-electron chi connectivity index (χ4n) is 1.49. The average Bonchev–Trinajstić information content (AvgIpc) is 2.32. The summed E-state index contributed by atoms with van der Waals surface area (Å²) < 4.78 is 0.798. The summed E-state index contributed by atoms with van der Waals surface area (Å²) in [7, 11) is 0. The zero-order chi connectivity index (χ0) is 12.4. The largest absolute Gasteiger partial charge is 0.384 e. The van der Waals surface area contributed by atoms with Gasteiger partial charge in [0.1, 0.15) is 6.10 Å². The molecule has 88 valence electrons. The zero-order valence-electron chi connectivity index (χ0n) is 8.57. The van der Waals surface area contributed by atoms with Crippen molar-refractivity contribution < 1.29 is 5.11 Å². The summed E-state index contributed by atoms with van der Waals surface area (Å²) in [6.45, 7) is 0. The average molecular weight is 333 g/mol. The minimum atomic E-state index is -0.841. The summed E-state index contributed by atoms with van der Waals surface area (Å²) in [6, 6.07) is 6.95. The Labute approximate surface area is 117 Å². The van der Waals surface area contributed by atoms with Gasteiger partial charge in [-0.3, -0.25) is 4.98 Å². The van der Waals surface area contributed by atoms with Crippen LogP contribution in [-0.4, -0.2) is 10.1 Å². The molecule has 1 aromatic heterocycles. The Kier molecular flexibility index (Phi) is 4.05. The lowest BCUT2D eigenvalue weighted by molar-refractivity contribution is 0.220. The smallest absolute Gasteiger partial charge is 0.107 e. The molecule has 0 aliphatic rings. The van der Waals surface area contributed by atoms with Gasteiger partial charge < -0.3 is 5.11 Å². The first-order valence-electron chi connectivity index (χ1n) is 4.82. The summed E-state index contributed by atoms with van der Waals surface area (Å²) in [5.74, 6) is 0. The van der Waals surface area contributed by atoms with Crippen LogP contribution in [0.5, 0.6) is 0 Å². The topological polar surface area (TPSA) is 33.1 Å². The van der Waals surface area contributed by atoms with Gasteiger partial charge in [-0.1, -0.05) is 35.3 Å². The second-order valence-corrected chi connectivity index (χ2v) is 5.18. The number of nitrogens with zero attached hydrogens (tertiary/aromatic N) is 1. The van der Waals surface area contributed by atoms with E-state index in [4.69, 9.17) is 23.2 Å². The highest BCUT2D eigenvalue weighted by atomic mass is 79.9. The van der Waals surface area contributed by atoms with Crippen LogP contribution in [0.15, 0.2) is 41.1 Å². The molecule has 2 nitrogen and oxygen atoms in total. The highest BCUT2D eigenvalue weighted by Gasteiger charge is 2.16. The van der Waals surface area contributed by atoms with Crippen molar-refractivity contribution in [3.05, 3.63) is 62.3 Å². The van der Waals surface area contributed by atoms with E-state index in [1.54, 1.807) is 36.7 Å². The van der Waals surface area contributed by atoms with E-state index in [1.165, 1.54) is 0 Å². The maximum atomic E-state index is 10.2. The molecule has 0 aliphatic heterocycles. The number of pyridine rings is 1. The van der Waals surface area contributed by atoms with Gasteiger partial charge in [-0.05, 0) is 28.1 Å². The van der Waals surface area contributed by atoms with Gasteiger partial charge in [-0.2, -0.15) is 0 Å².